The van der Waals surface area contributed by atoms with E-state index in [0.717, 1.165) is 17.0 Å². The van der Waals surface area contributed by atoms with Crippen molar-refractivity contribution in [2.24, 2.45) is 5.41 Å². The van der Waals surface area contributed by atoms with Crippen molar-refractivity contribution in [3.8, 4) is 11.3 Å². The van der Waals surface area contributed by atoms with Crippen molar-refractivity contribution in [3.63, 3.8) is 0 Å². The van der Waals surface area contributed by atoms with E-state index in [4.69, 9.17) is 4.52 Å². The Morgan fingerprint density at radius 2 is 1.76 bits per heavy atom. The highest BCUT2D eigenvalue weighted by Crippen LogP contribution is 2.35. The summed E-state index contributed by atoms with van der Waals surface area (Å²) in [6.45, 7) is 8.81. The van der Waals surface area contributed by atoms with Gasteiger partial charge in [0.05, 0.1) is 0 Å². The molecule has 2 aromatic rings. The SMILES string of the molecule is CC(c1cc(-c2ccccc2)no1)C(C)(C)C. The van der Waals surface area contributed by atoms with Gasteiger partial charge in [0.15, 0.2) is 0 Å². The fourth-order valence-corrected chi connectivity index (χ4v) is 1.67. The van der Waals surface area contributed by atoms with E-state index >= 15 is 0 Å². The highest BCUT2D eigenvalue weighted by Gasteiger charge is 2.25. The monoisotopic (exact) mass is 229 g/mol. The summed E-state index contributed by atoms with van der Waals surface area (Å²) in [4.78, 5) is 0. The van der Waals surface area contributed by atoms with Crippen LogP contribution in [0, 0.1) is 5.41 Å². The molecule has 0 saturated carbocycles. The molecule has 1 atom stereocenters. The minimum absolute atomic E-state index is 0.188. The third-order valence-electron chi connectivity index (χ3n) is 3.32. The fourth-order valence-electron chi connectivity index (χ4n) is 1.67. The summed E-state index contributed by atoms with van der Waals surface area (Å²) in [5.74, 6) is 1.31. The van der Waals surface area contributed by atoms with Crippen LogP contribution in [-0.2, 0) is 0 Å². The fraction of sp³-hybridized carbons (Fsp3) is 0.400. The molecule has 2 nitrogen and oxygen atoms in total. The zero-order valence-corrected chi connectivity index (χ0v) is 10.9. The van der Waals surface area contributed by atoms with Crippen molar-refractivity contribution in [2.45, 2.75) is 33.6 Å². The molecule has 90 valence electrons. The normalized spacial score (nSPS) is 13.6. The van der Waals surface area contributed by atoms with Crippen LogP contribution in [0.4, 0.5) is 0 Å². The van der Waals surface area contributed by atoms with E-state index in [2.05, 4.69) is 32.9 Å². The third-order valence-corrected chi connectivity index (χ3v) is 3.32. The molecule has 1 unspecified atom stereocenters. The van der Waals surface area contributed by atoms with Crippen molar-refractivity contribution >= 4 is 0 Å². The summed E-state index contributed by atoms with van der Waals surface area (Å²) in [6.07, 6.45) is 0. The van der Waals surface area contributed by atoms with Gasteiger partial charge >= 0.3 is 0 Å². The second kappa shape index (κ2) is 4.36. The first kappa shape index (κ1) is 11.9. The molecule has 2 heteroatoms. The van der Waals surface area contributed by atoms with Crippen LogP contribution in [0.25, 0.3) is 11.3 Å². The second-order valence-corrected chi connectivity index (χ2v) is 5.57. The lowest BCUT2D eigenvalue weighted by Crippen LogP contribution is -2.14. The van der Waals surface area contributed by atoms with Crippen molar-refractivity contribution < 1.29 is 4.52 Å². The average molecular weight is 229 g/mol. The topological polar surface area (TPSA) is 26.0 Å². The Kier molecular flexibility index (Phi) is 3.05. The highest BCUT2D eigenvalue weighted by molar-refractivity contribution is 5.58. The molecule has 0 amide bonds. The van der Waals surface area contributed by atoms with Crippen LogP contribution in [0.5, 0.6) is 0 Å². The van der Waals surface area contributed by atoms with Crippen LogP contribution in [0.3, 0.4) is 0 Å². The summed E-state index contributed by atoms with van der Waals surface area (Å²) in [6, 6.07) is 12.2. The van der Waals surface area contributed by atoms with Crippen LogP contribution in [0.15, 0.2) is 40.9 Å². The largest absolute Gasteiger partial charge is 0.360 e. The first-order chi connectivity index (χ1) is 7.98. The predicted molar refractivity (Wildman–Crippen MR) is 69.8 cm³/mol. The number of rotatable bonds is 2. The van der Waals surface area contributed by atoms with Crippen molar-refractivity contribution in [2.75, 3.05) is 0 Å². The van der Waals surface area contributed by atoms with Gasteiger partial charge in [0, 0.05) is 17.5 Å². The lowest BCUT2D eigenvalue weighted by Gasteiger charge is -2.24. The van der Waals surface area contributed by atoms with Gasteiger partial charge in [0.25, 0.3) is 0 Å². The molecule has 0 aliphatic rings. The zero-order chi connectivity index (χ0) is 12.5. The molecule has 0 fully saturated rings. The Morgan fingerprint density at radius 1 is 1.12 bits per heavy atom. The van der Waals surface area contributed by atoms with Crippen molar-refractivity contribution in [1.82, 2.24) is 5.16 Å². The Labute approximate surface area is 103 Å². The molecule has 0 radical (unpaired) electrons. The number of aromatic nitrogens is 1. The lowest BCUT2D eigenvalue weighted by atomic mass is 9.80. The molecule has 0 bridgehead atoms. The van der Waals surface area contributed by atoms with Gasteiger partial charge in [0.2, 0.25) is 0 Å². The molecule has 0 N–H and O–H groups in total. The quantitative estimate of drug-likeness (QED) is 0.758. The van der Waals surface area contributed by atoms with E-state index in [1.54, 1.807) is 0 Å². The number of benzene rings is 1. The molecule has 0 spiro atoms. The van der Waals surface area contributed by atoms with E-state index in [9.17, 15) is 0 Å². The molecule has 1 aromatic heterocycles. The van der Waals surface area contributed by atoms with Gasteiger partial charge in [-0.25, -0.2) is 0 Å². The Morgan fingerprint density at radius 3 is 2.35 bits per heavy atom. The van der Waals surface area contributed by atoms with E-state index in [1.807, 2.05) is 36.4 Å². The van der Waals surface area contributed by atoms with Crippen LogP contribution in [-0.4, -0.2) is 5.16 Å². The summed E-state index contributed by atoms with van der Waals surface area (Å²) >= 11 is 0. The maximum Gasteiger partial charge on any atom is 0.140 e. The van der Waals surface area contributed by atoms with Gasteiger partial charge in [-0.05, 0) is 5.41 Å². The van der Waals surface area contributed by atoms with E-state index in [0.29, 0.717) is 5.92 Å². The molecule has 1 heterocycles. The number of hydrogen-bond donors (Lipinski definition) is 0. The summed E-state index contributed by atoms with van der Waals surface area (Å²) < 4.78 is 5.46. The van der Waals surface area contributed by atoms with Crippen molar-refractivity contribution in [1.29, 1.82) is 0 Å². The lowest BCUT2D eigenvalue weighted by molar-refractivity contribution is 0.269. The van der Waals surface area contributed by atoms with Crippen LogP contribution in [0.1, 0.15) is 39.4 Å². The smallest absolute Gasteiger partial charge is 0.140 e. The van der Waals surface area contributed by atoms with Gasteiger partial charge in [-0.1, -0.05) is 63.2 Å². The summed E-state index contributed by atoms with van der Waals surface area (Å²) in [7, 11) is 0. The Hall–Kier alpha value is -1.57. The van der Waals surface area contributed by atoms with Crippen LogP contribution in [0.2, 0.25) is 0 Å². The first-order valence-corrected chi connectivity index (χ1v) is 6.00. The highest BCUT2D eigenvalue weighted by atomic mass is 16.5. The maximum absolute atomic E-state index is 5.46. The second-order valence-electron chi connectivity index (χ2n) is 5.57. The molecule has 0 aliphatic carbocycles. The standard InChI is InChI=1S/C15H19NO/c1-11(15(2,3)4)14-10-13(16-17-14)12-8-6-5-7-9-12/h5-11H,1-4H3. The average Bonchev–Trinajstić information content (AvgIpc) is 2.77. The molecule has 2 rings (SSSR count). The summed E-state index contributed by atoms with van der Waals surface area (Å²) in [5, 5.41) is 4.15. The summed E-state index contributed by atoms with van der Waals surface area (Å²) in [5.41, 5.74) is 2.20. The first-order valence-electron chi connectivity index (χ1n) is 6.00. The third kappa shape index (κ3) is 2.57. The van der Waals surface area contributed by atoms with Gasteiger partial charge in [0.1, 0.15) is 11.5 Å². The van der Waals surface area contributed by atoms with E-state index < -0.39 is 0 Å². The minimum atomic E-state index is 0.188. The molecular weight excluding hydrogens is 210 g/mol. The van der Waals surface area contributed by atoms with Crippen molar-refractivity contribution in [3.05, 3.63) is 42.2 Å². The van der Waals surface area contributed by atoms with E-state index in [1.165, 1.54) is 0 Å². The van der Waals surface area contributed by atoms with Gasteiger partial charge in [-0.2, -0.15) is 0 Å². The molecule has 1 aromatic carbocycles. The van der Waals surface area contributed by atoms with Gasteiger partial charge < -0.3 is 4.52 Å². The zero-order valence-electron chi connectivity index (χ0n) is 10.9. The molecule has 17 heavy (non-hydrogen) atoms. The number of hydrogen-bond acceptors (Lipinski definition) is 2. The van der Waals surface area contributed by atoms with Gasteiger partial charge in [-0.15, -0.1) is 0 Å². The molecule has 0 aliphatic heterocycles. The van der Waals surface area contributed by atoms with E-state index in [-0.39, 0.29) is 5.41 Å². The van der Waals surface area contributed by atoms with Crippen LogP contribution >= 0.6 is 0 Å². The molecule has 0 saturated heterocycles. The minimum Gasteiger partial charge on any atom is -0.360 e. The Balaban J connectivity index is 2.28. The maximum atomic E-state index is 5.46. The molecular formula is C15H19NO. The van der Waals surface area contributed by atoms with Gasteiger partial charge in [-0.3, -0.25) is 0 Å². The number of nitrogens with zero attached hydrogens (tertiary/aromatic N) is 1. The predicted octanol–water partition coefficient (Wildman–Crippen LogP) is 4.49. The van der Waals surface area contributed by atoms with Crippen LogP contribution < -0.4 is 0 Å². The Bertz CT molecular complexity index is 479.